The number of aryl methyl sites for hydroxylation is 5. The zero-order valence-corrected chi connectivity index (χ0v) is 75.5. The minimum absolute atomic E-state index is 0.00153. The van der Waals surface area contributed by atoms with Crippen molar-refractivity contribution in [2.24, 2.45) is 28.2 Å². The maximum absolute atomic E-state index is 2.46. The maximum Gasteiger partial charge on any atom is 0.212 e. The number of aromatic nitrogens is 4. The van der Waals surface area contributed by atoms with Crippen LogP contribution in [0, 0.1) is 27.7 Å². The SMILES string of the molecule is Cc1c(-c2cccc[n+]2C)ccc2c1C(C)(C)C(C)(C)c1c-2ccc2ccccc12.Cc1c(-c2cccc[n+]2C)ccc2c1C(C)(C)C(C)(C)c1cc3ccccc3cc1-2.Cc1c(-c2cccc[n+]2C)ccc2c1C(C)(C)C(C)(C)c1ccc3ccccc3c1-2.Cc1cc2c(cc1-c1cccc[n+]1C)C(C)(C)C(C)(C)c1ccc3ccccc3c1-2. The molecule has 20 rings (SSSR count). The first-order valence-electron chi connectivity index (χ1n) is 43.5. The highest BCUT2D eigenvalue weighted by molar-refractivity contribution is 6.04. The lowest BCUT2D eigenvalue weighted by Crippen LogP contribution is -2.44. The molecule has 0 radical (unpaired) electrons. The third kappa shape index (κ3) is 12.2. The zero-order chi connectivity index (χ0) is 85.0. The van der Waals surface area contributed by atoms with Crippen LogP contribution in [-0.2, 0) is 71.5 Å². The topological polar surface area (TPSA) is 15.5 Å². The van der Waals surface area contributed by atoms with Crippen LogP contribution < -0.4 is 18.3 Å². The highest BCUT2D eigenvalue weighted by Crippen LogP contribution is 2.62. The lowest BCUT2D eigenvalue weighted by Gasteiger charge is -2.49. The van der Waals surface area contributed by atoms with Crippen LogP contribution in [0.25, 0.3) is 133 Å². The van der Waals surface area contributed by atoms with Gasteiger partial charge in [0.2, 0.25) is 22.8 Å². The summed E-state index contributed by atoms with van der Waals surface area (Å²) in [5.41, 5.74) is 38.8. The number of fused-ring (bicyclic) bond motifs is 19. The Morgan fingerprint density at radius 3 is 0.925 bits per heavy atom. The molecule has 4 aromatic heterocycles. The third-order valence-electron chi connectivity index (χ3n) is 31.3. The fraction of sp³-hybridized carbons (Fsp3) is 0.276. The molecule has 4 aliphatic carbocycles. The Morgan fingerprint density at radius 2 is 0.475 bits per heavy atom. The molecule has 0 atom stereocenters. The van der Waals surface area contributed by atoms with Gasteiger partial charge in [-0.05, 0) is 281 Å². The number of pyridine rings is 4. The van der Waals surface area contributed by atoms with Crippen LogP contribution in [0.2, 0.25) is 0 Å². The zero-order valence-electron chi connectivity index (χ0n) is 75.5. The van der Waals surface area contributed by atoms with E-state index in [4.69, 9.17) is 0 Å². The fourth-order valence-corrected chi connectivity index (χ4v) is 21.9. The number of benzene rings is 12. The second kappa shape index (κ2) is 29.0. The minimum Gasteiger partial charge on any atom is -0.201 e. The van der Waals surface area contributed by atoms with Crippen molar-refractivity contribution in [2.75, 3.05) is 0 Å². The highest BCUT2D eigenvalue weighted by Gasteiger charge is 2.52. The Balaban J connectivity index is 0.000000114. The molecule has 4 aliphatic rings. The van der Waals surface area contributed by atoms with Gasteiger partial charge in [-0.2, -0.15) is 0 Å². The van der Waals surface area contributed by atoms with Gasteiger partial charge in [-0.25, -0.2) is 18.3 Å². The monoisotopic (exact) mass is 1570 g/mol. The number of hydrogen-bond donors (Lipinski definition) is 0. The first kappa shape index (κ1) is 80.7. The molecule has 4 heterocycles. The van der Waals surface area contributed by atoms with Crippen molar-refractivity contribution in [3.8, 4) is 89.5 Å². The second-order valence-electron chi connectivity index (χ2n) is 39.4. The summed E-state index contributed by atoms with van der Waals surface area (Å²) in [6, 6.07) is 98.7. The van der Waals surface area contributed by atoms with E-state index < -0.39 is 0 Å². The third-order valence-corrected chi connectivity index (χ3v) is 31.3. The van der Waals surface area contributed by atoms with Crippen LogP contribution in [0.4, 0.5) is 0 Å². The molecule has 0 spiro atoms. The van der Waals surface area contributed by atoms with Crippen LogP contribution in [0.5, 0.6) is 0 Å². The molecule has 12 aromatic carbocycles. The van der Waals surface area contributed by atoms with E-state index >= 15 is 0 Å². The molecule has 0 bridgehead atoms. The Labute approximate surface area is 714 Å². The van der Waals surface area contributed by atoms with Gasteiger partial charge in [0.05, 0.1) is 0 Å². The molecular weight excluding hydrogens is 1450 g/mol. The molecule has 0 saturated heterocycles. The van der Waals surface area contributed by atoms with Crippen molar-refractivity contribution in [3.05, 3.63) is 358 Å². The van der Waals surface area contributed by atoms with E-state index in [1.807, 2.05) is 0 Å². The van der Waals surface area contributed by atoms with Gasteiger partial charge in [-0.15, -0.1) is 0 Å². The number of nitrogens with zero attached hydrogens (tertiary/aromatic N) is 4. The Hall–Kier alpha value is -11.7. The molecule has 4 nitrogen and oxygen atoms in total. The van der Waals surface area contributed by atoms with E-state index in [-0.39, 0.29) is 43.3 Å². The van der Waals surface area contributed by atoms with Crippen LogP contribution in [-0.4, -0.2) is 0 Å². The van der Waals surface area contributed by atoms with Crippen molar-refractivity contribution in [1.29, 1.82) is 0 Å². The van der Waals surface area contributed by atoms with Crippen LogP contribution in [0.3, 0.4) is 0 Å². The first-order valence-corrected chi connectivity index (χ1v) is 43.5. The number of rotatable bonds is 4. The first-order chi connectivity index (χ1) is 57.0. The van der Waals surface area contributed by atoms with Gasteiger partial charge in [0.25, 0.3) is 0 Å². The largest absolute Gasteiger partial charge is 0.212 e. The molecule has 0 aliphatic heterocycles. The van der Waals surface area contributed by atoms with Crippen molar-refractivity contribution in [1.82, 2.24) is 0 Å². The van der Waals surface area contributed by atoms with Crippen LogP contribution in [0.1, 0.15) is 178 Å². The van der Waals surface area contributed by atoms with E-state index in [9.17, 15) is 0 Å². The summed E-state index contributed by atoms with van der Waals surface area (Å²) in [7, 11) is 8.52. The quantitative estimate of drug-likeness (QED) is 0.156. The smallest absolute Gasteiger partial charge is 0.201 e. The Bertz CT molecular complexity index is 6630. The van der Waals surface area contributed by atoms with Crippen LogP contribution >= 0.6 is 0 Å². The molecule has 0 unspecified atom stereocenters. The Kier molecular flexibility index (Phi) is 19.5. The average Bonchev–Trinajstić information content (AvgIpc) is 0.712. The normalized spacial score (nSPS) is 16.2. The summed E-state index contributed by atoms with van der Waals surface area (Å²) in [6.45, 7) is 47.9. The van der Waals surface area contributed by atoms with E-state index in [2.05, 4.69) is 477 Å². The van der Waals surface area contributed by atoms with Crippen molar-refractivity contribution in [2.45, 2.75) is 182 Å². The van der Waals surface area contributed by atoms with E-state index in [1.54, 1.807) is 0 Å². The lowest BCUT2D eigenvalue weighted by molar-refractivity contribution is -0.660. The number of hydrogen-bond acceptors (Lipinski definition) is 0. The predicted molar refractivity (Wildman–Crippen MR) is 507 cm³/mol. The molecule has 16 aromatic rings. The molecule has 600 valence electrons. The van der Waals surface area contributed by atoms with E-state index in [0.717, 1.165) is 0 Å². The van der Waals surface area contributed by atoms with Gasteiger partial charge in [-0.3, -0.25) is 0 Å². The minimum atomic E-state index is -0.00704. The van der Waals surface area contributed by atoms with Crippen molar-refractivity contribution >= 4 is 43.1 Å². The molecule has 0 fully saturated rings. The summed E-state index contributed by atoms with van der Waals surface area (Å²) in [5, 5.41) is 10.7. The van der Waals surface area contributed by atoms with E-state index in [1.165, 1.54) is 199 Å². The highest BCUT2D eigenvalue weighted by atomic mass is 14.9. The van der Waals surface area contributed by atoms with Gasteiger partial charge in [-0.1, -0.05) is 269 Å². The summed E-state index contributed by atoms with van der Waals surface area (Å²) in [4.78, 5) is 0. The maximum atomic E-state index is 2.46. The molecular formula is C116H120N4+4. The summed E-state index contributed by atoms with van der Waals surface area (Å²) >= 11 is 0. The average molecular weight is 1570 g/mol. The fourth-order valence-electron chi connectivity index (χ4n) is 21.9. The predicted octanol–water partition coefficient (Wildman–Crippen LogP) is 27.5. The van der Waals surface area contributed by atoms with Gasteiger partial charge in [0, 0.05) is 76.2 Å². The lowest BCUT2D eigenvalue weighted by atomic mass is 9.54. The standard InChI is InChI=1S/4C29H30N/c1-19-21(25-13-9-10-18-30(25)6)15-16-23-26-22-12-8-7-11-20(22)14-17-24(26)28(2,3)29(4,5)27(19)23;1-19-21(25-13-9-10-18-30(25)6)16-17-23-24-15-14-20-11-7-8-12-22(20)27(24)29(4,5)28(2,3)26(19)23;1-19-22(26-13-9-10-16-30(26)6)14-15-23-24-17-20-11-7-8-12-21(20)18-25(24)28(2,3)29(4,5)27(19)23;1-19-17-23-25(18-22(19)26-13-9-10-16-30(26)6)29(4,5)28(2,3)24-15-14-20-11-7-8-12-21(20)27(23)24/h4*7-18H,1-6H3/q4*+1. The summed E-state index contributed by atoms with van der Waals surface area (Å²) in [6.07, 6.45) is 8.52. The molecule has 0 N–H and O–H groups in total. The van der Waals surface area contributed by atoms with Crippen LogP contribution in [0.15, 0.2) is 292 Å². The molecule has 0 saturated carbocycles. The Morgan fingerprint density at radius 1 is 0.192 bits per heavy atom. The van der Waals surface area contributed by atoms with Gasteiger partial charge in [0.15, 0.2) is 24.8 Å². The summed E-state index contributed by atoms with van der Waals surface area (Å²) in [5.74, 6) is 0. The van der Waals surface area contributed by atoms with Crippen molar-refractivity contribution < 1.29 is 18.3 Å². The molecule has 0 amide bonds. The van der Waals surface area contributed by atoms with E-state index in [0.29, 0.717) is 0 Å². The van der Waals surface area contributed by atoms with Gasteiger partial charge < -0.3 is 0 Å². The van der Waals surface area contributed by atoms with Gasteiger partial charge >= 0.3 is 0 Å². The second-order valence-corrected chi connectivity index (χ2v) is 39.4. The molecule has 4 heteroatoms. The molecule has 120 heavy (non-hydrogen) atoms. The summed E-state index contributed by atoms with van der Waals surface area (Å²) < 4.78 is 8.88. The van der Waals surface area contributed by atoms with Crippen molar-refractivity contribution in [3.63, 3.8) is 0 Å². The van der Waals surface area contributed by atoms with Gasteiger partial charge in [0.1, 0.15) is 28.2 Å².